The molecule has 19 heavy (non-hydrogen) atoms. The first-order chi connectivity index (χ1) is 9.08. The van der Waals surface area contributed by atoms with E-state index >= 15 is 0 Å². The lowest BCUT2D eigenvalue weighted by Gasteiger charge is -2.10. The molecule has 0 aromatic heterocycles. The molecule has 1 saturated carbocycles. The molecule has 0 atom stereocenters. The van der Waals surface area contributed by atoms with Gasteiger partial charge in [0, 0.05) is 6.04 Å². The summed E-state index contributed by atoms with van der Waals surface area (Å²) >= 11 is 0. The van der Waals surface area contributed by atoms with Gasteiger partial charge in [-0.25, -0.2) is 9.18 Å². The van der Waals surface area contributed by atoms with Gasteiger partial charge in [0.25, 0.3) is 0 Å². The first-order valence-electron chi connectivity index (χ1n) is 6.02. The molecule has 1 aliphatic rings. The van der Waals surface area contributed by atoms with Crippen molar-refractivity contribution in [3.63, 3.8) is 0 Å². The molecule has 1 aromatic carbocycles. The first-order valence-corrected chi connectivity index (χ1v) is 6.02. The quantitative estimate of drug-likeness (QED) is 0.820. The van der Waals surface area contributed by atoms with Gasteiger partial charge >= 0.3 is 5.97 Å². The van der Waals surface area contributed by atoms with Gasteiger partial charge in [-0.1, -0.05) is 6.07 Å². The number of benzene rings is 1. The Morgan fingerprint density at radius 2 is 2.16 bits per heavy atom. The summed E-state index contributed by atoms with van der Waals surface area (Å²) in [5.74, 6) is -2.51. The van der Waals surface area contributed by atoms with Crippen LogP contribution in [0, 0.1) is 5.82 Å². The molecule has 0 spiro atoms. The fraction of sp³-hybridized carbons (Fsp3) is 0.385. The number of ether oxygens (including phenoxy) is 1. The number of hydrogen-bond acceptors (Lipinski definition) is 3. The predicted molar refractivity (Wildman–Crippen MR) is 64.6 cm³/mol. The summed E-state index contributed by atoms with van der Waals surface area (Å²) in [6.45, 7) is -0.0558. The summed E-state index contributed by atoms with van der Waals surface area (Å²) in [6.07, 6.45) is 2.05. The number of carboxylic acids is 1. The van der Waals surface area contributed by atoms with Gasteiger partial charge < -0.3 is 15.2 Å². The van der Waals surface area contributed by atoms with E-state index in [2.05, 4.69) is 5.32 Å². The third kappa shape index (κ3) is 3.67. The van der Waals surface area contributed by atoms with Crippen molar-refractivity contribution in [3.8, 4) is 5.75 Å². The van der Waals surface area contributed by atoms with Gasteiger partial charge in [0.2, 0.25) is 5.91 Å². The highest BCUT2D eigenvalue weighted by molar-refractivity contribution is 5.90. The Bertz CT molecular complexity index is 499. The van der Waals surface area contributed by atoms with Crippen LogP contribution in [0.15, 0.2) is 18.2 Å². The second kappa shape index (κ2) is 5.69. The van der Waals surface area contributed by atoms with Crippen LogP contribution in [-0.4, -0.2) is 29.6 Å². The second-order valence-electron chi connectivity index (χ2n) is 4.36. The number of nitrogens with one attached hydrogen (secondary N) is 1. The third-order valence-electron chi connectivity index (χ3n) is 2.72. The minimum atomic E-state index is -1.27. The third-order valence-corrected chi connectivity index (χ3v) is 2.72. The predicted octanol–water partition coefficient (Wildman–Crippen LogP) is 1.57. The van der Waals surface area contributed by atoms with E-state index in [1.54, 1.807) is 0 Å². The van der Waals surface area contributed by atoms with Crippen molar-refractivity contribution in [2.75, 3.05) is 6.61 Å². The zero-order valence-electron chi connectivity index (χ0n) is 10.2. The van der Waals surface area contributed by atoms with Crippen LogP contribution < -0.4 is 10.1 Å². The minimum absolute atomic E-state index is 0.0558. The molecule has 0 bridgehead atoms. The van der Waals surface area contributed by atoms with Crippen LogP contribution in [0.3, 0.4) is 0 Å². The van der Waals surface area contributed by atoms with Crippen molar-refractivity contribution in [1.29, 1.82) is 0 Å². The summed E-state index contributed by atoms with van der Waals surface area (Å²) in [4.78, 5) is 22.3. The lowest BCUT2D eigenvalue weighted by molar-refractivity contribution is -0.121. The zero-order chi connectivity index (χ0) is 13.8. The maximum Gasteiger partial charge on any atom is 0.339 e. The van der Waals surface area contributed by atoms with E-state index < -0.39 is 11.8 Å². The highest BCUT2D eigenvalue weighted by Crippen LogP contribution is 2.23. The molecule has 2 rings (SSSR count). The topological polar surface area (TPSA) is 75.6 Å². The molecule has 0 heterocycles. The normalized spacial score (nSPS) is 13.9. The smallest absolute Gasteiger partial charge is 0.339 e. The van der Waals surface area contributed by atoms with Crippen LogP contribution in [0.1, 0.15) is 29.6 Å². The SMILES string of the molecule is O=C(CCOc1c(F)cccc1C(=O)O)NC1CC1. The molecular formula is C13H14FNO4. The monoisotopic (exact) mass is 267 g/mol. The first kappa shape index (κ1) is 13.3. The molecule has 0 aliphatic heterocycles. The molecule has 1 fully saturated rings. The minimum Gasteiger partial charge on any atom is -0.489 e. The number of halogens is 1. The largest absolute Gasteiger partial charge is 0.489 e. The Labute approximate surface area is 109 Å². The zero-order valence-corrected chi connectivity index (χ0v) is 10.2. The summed E-state index contributed by atoms with van der Waals surface area (Å²) in [5, 5.41) is 11.7. The fourth-order valence-corrected chi connectivity index (χ4v) is 1.60. The average Bonchev–Trinajstić information content (AvgIpc) is 3.14. The van der Waals surface area contributed by atoms with E-state index in [-0.39, 0.29) is 36.3 Å². The van der Waals surface area contributed by atoms with Crippen molar-refractivity contribution in [3.05, 3.63) is 29.6 Å². The average molecular weight is 267 g/mol. The molecule has 0 saturated heterocycles. The number of para-hydroxylation sites is 1. The van der Waals surface area contributed by atoms with Crippen LogP contribution in [0.2, 0.25) is 0 Å². The number of hydrogen-bond donors (Lipinski definition) is 2. The number of rotatable bonds is 6. The van der Waals surface area contributed by atoms with Crippen LogP contribution in [0.25, 0.3) is 0 Å². The van der Waals surface area contributed by atoms with Gasteiger partial charge in [0.05, 0.1) is 13.0 Å². The van der Waals surface area contributed by atoms with Crippen LogP contribution >= 0.6 is 0 Å². The Hall–Kier alpha value is -2.11. The Kier molecular flexibility index (Phi) is 3.99. The number of carboxylic acid groups (broad SMARTS) is 1. The Morgan fingerprint density at radius 1 is 1.42 bits per heavy atom. The molecule has 0 radical (unpaired) electrons. The van der Waals surface area contributed by atoms with Crippen LogP contribution in [-0.2, 0) is 4.79 Å². The van der Waals surface area contributed by atoms with Gasteiger partial charge in [0.1, 0.15) is 5.56 Å². The van der Waals surface area contributed by atoms with E-state index in [1.165, 1.54) is 12.1 Å². The van der Waals surface area contributed by atoms with Gasteiger partial charge in [-0.15, -0.1) is 0 Å². The standard InChI is InChI=1S/C13H14FNO4/c14-10-3-1-2-9(13(17)18)12(10)19-7-6-11(16)15-8-4-5-8/h1-3,8H,4-7H2,(H,15,16)(H,17,18). The van der Waals surface area contributed by atoms with E-state index in [0.29, 0.717) is 0 Å². The molecule has 1 aliphatic carbocycles. The molecule has 102 valence electrons. The number of amides is 1. The molecule has 5 nitrogen and oxygen atoms in total. The molecule has 0 unspecified atom stereocenters. The molecule has 6 heteroatoms. The van der Waals surface area contributed by atoms with E-state index in [4.69, 9.17) is 9.84 Å². The van der Waals surface area contributed by atoms with Gasteiger partial charge in [-0.2, -0.15) is 0 Å². The van der Waals surface area contributed by atoms with Crippen LogP contribution in [0.5, 0.6) is 5.75 Å². The highest BCUT2D eigenvalue weighted by Gasteiger charge is 2.23. The Morgan fingerprint density at radius 3 is 2.79 bits per heavy atom. The summed E-state index contributed by atoms with van der Waals surface area (Å²) in [5.41, 5.74) is -0.248. The molecule has 1 amide bonds. The van der Waals surface area contributed by atoms with Crippen molar-refractivity contribution in [2.24, 2.45) is 0 Å². The van der Waals surface area contributed by atoms with Crippen molar-refractivity contribution in [2.45, 2.75) is 25.3 Å². The second-order valence-corrected chi connectivity index (χ2v) is 4.36. The summed E-state index contributed by atoms with van der Waals surface area (Å²) in [7, 11) is 0. The van der Waals surface area contributed by atoms with Gasteiger partial charge in [0.15, 0.2) is 11.6 Å². The van der Waals surface area contributed by atoms with Gasteiger partial charge in [-0.3, -0.25) is 4.79 Å². The maximum absolute atomic E-state index is 13.5. The van der Waals surface area contributed by atoms with E-state index in [9.17, 15) is 14.0 Å². The Balaban J connectivity index is 1.91. The van der Waals surface area contributed by atoms with Crippen molar-refractivity contribution in [1.82, 2.24) is 5.32 Å². The van der Waals surface area contributed by atoms with E-state index in [0.717, 1.165) is 18.9 Å². The molecular weight excluding hydrogens is 253 g/mol. The maximum atomic E-state index is 13.5. The van der Waals surface area contributed by atoms with Crippen LogP contribution in [0.4, 0.5) is 4.39 Å². The van der Waals surface area contributed by atoms with Gasteiger partial charge in [-0.05, 0) is 25.0 Å². The summed E-state index contributed by atoms with van der Waals surface area (Å²) < 4.78 is 18.6. The number of carbonyl (C=O) groups excluding carboxylic acids is 1. The lowest BCUT2D eigenvalue weighted by atomic mass is 10.2. The molecule has 2 N–H and O–H groups in total. The fourth-order valence-electron chi connectivity index (χ4n) is 1.60. The van der Waals surface area contributed by atoms with Crippen molar-refractivity contribution < 1.29 is 23.8 Å². The highest BCUT2D eigenvalue weighted by atomic mass is 19.1. The number of carbonyl (C=O) groups is 2. The van der Waals surface area contributed by atoms with E-state index in [1.807, 2.05) is 0 Å². The summed E-state index contributed by atoms with van der Waals surface area (Å²) in [6, 6.07) is 3.93. The lowest BCUT2D eigenvalue weighted by Crippen LogP contribution is -2.26. The van der Waals surface area contributed by atoms with Crippen molar-refractivity contribution >= 4 is 11.9 Å². The molecule has 1 aromatic rings. The number of aromatic carboxylic acids is 1.